The highest BCUT2D eigenvalue weighted by Crippen LogP contribution is 2.30. The van der Waals surface area contributed by atoms with E-state index in [9.17, 15) is 0 Å². The van der Waals surface area contributed by atoms with Gasteiger partial charge in [0, 0.05) is 35.2 Å². The molecule has 2 N–H and O–H groups in total. The molecule has 0 spiro atoms. The smallest absolute Gasteiger partial charge is 0.0474 e. The van der Waals surface area contributed by atoms with Crippen molar-refractivity contribution in [2.75, 3.05) is 13.1 Å². The third-order valence-corrected chi connectivity index (χ3v) is 4.32. The van der Waals surface area contributed by atoms with Crippen LogP contribution in [0.15, 0.2) is 18.2 Å². The van der Waals surface area contributed by atoms with E-state index in [1.165, 1.54) is 0 Å². The maximum absolute atomic E-state index is 6.17. The van der Waals surface area contributed by atoms with E-state index < -0.39 is 0 Å². The number of halogens is 2. The molecule has 0 saturated carbocycles. The van der Waals surface area contributed by atoms with E-state index in [4.69, 9.17) is 28.9 Å². The van der Waals surface area contributed by atoms with Crippen LogP contribution in [0.3, 0.4) is 0 Å². The number of rotatable bonds is 8. The summed E-state index contributed by atoms with van der Waals surface area (Å²) in [6, 6.07) is 6.43. The first-order chi connectivity index (χ1) is 9.92. The summed E-state index contributed by atoms with van der Waals surface area (Å²) in [7, 11) is 0. The van der Waals surface area contributed by atoms with E-state index in [2.05, 4.69) is 32.6 Å². The van der Waals surface area contributed by atoms with Crippen molar-refractivity contribution in [2.45, 2.75) is 52.6 Å². The molecule has 0 saturated heterocycles. The number of hydrogen-bond acceptors (Lipinski definition) is 2. The molecule has 1 unspecified atom stereocenters. The highest BCUT2D eigenvalue weighted by atomic mass is 35.5. The van der Waals surface area contributed by atoms with Gasteiger partial charge in [-0.25, -0.2) is 0 Å². The van der Waals surface area contributed by atoms with Crippen LogP contribution in [0.25, 0.3) is 0 Å². The Balaban J connectivity index is 3.15. The Hall–Kier alpha value is -0.280. The standard InChI is InChI=1S/C17H28Cl2N2/c1-5-16(6-2)21(11-12(3)4)17(10-20)13-7-14(18)9-15(19)8-13/h7-9,12,16-17H,5-6,10-11,20H2,1-4H3. The highest BCUT2D eigenvalue weighted by Gasteiger charge is 2.25. The van der Waals surface area contributed by atoms with Crippen LogP contribution >= 0.6 is 23.2 Å². The summed E-state index contributed by atoms with van der Waals surface area (Å²) in [5.41, 5.74) is 7.21. The van der Waals surface area contributed by atoms with Crippen LogP contribution in [0.4, 0.5) is 0 Å². The monoisotopic (exact) mass is 330 g/mol. The van der Waals surface area contributed by atoms with Crippen molar-refractivity contribution in [3.8, 4) is 0 Å². The second-order valence-corrected chi connectivity index (χ2v) is 6.89. The molecule has 2 nitrogen and oxygen atoms in total. The van der Waals surface area contributed by atoms with Gasteiger partial charge in [0.2, 0.25) is 0 Å². The van der Waals surface area contributed by atoms with Crippen LogP contribution in [0.1, 0.15) is 52.1 Å². The fraction of sp³-hybridized carbons (Fsp3) is 0.647. The SMILES string of the molecule is CCC(CC)N(CC(C)C)C(CN)c1cc(Cl)cc(Cl)c1. The lowest BCUT2D eigenvalue weighted by Crippen LogP contribution is -2.43. The van der Waals surface area contributed by atoms with Crippen molar-refractivity contribution < 1.29 is 0 Å². The lowest BCUT2D eigenvalue weighted by atomic mass is 9.99. The Labute approximate surface area is 139 Å². The van der Waals surface area contributed by atoms with Crippen LogP contribution in [-0.4, -0.2) is 24.0 Å². The van der Waals surface area contributed by atoms with Gasteiger partial charge in [0.1, 0.15) is 0 Å². The molecule has 0 fully saturated rings. The molecule has 4 heteroatoms. The van der Waals surface area contributed by atoms with Gasteiger partial charge in [-0.3, -0.25) is 4.90 Å². The molecule has 1 rings (SSSR count). The van der Waals surface area contributed by atoms with Crippen molar-refractivity contribution >= 4 is 23.2 Å². The van der Waals surface area contributed by atoms with Crippen LogP contribution in [0, 0.1) is 5.92 Å². The van der Waals surface area contributed by atoms with Crippen molar-refractivity contribution in [3.05, 3.63) is 33.8 Å². The zero-order valence-electron chi connectivity index (χ0n) is 13.6. The molecule has 120 valence electrons. The van der Waals surface area contributed by atoms with Gasteiger partial charge in [0.25, 0.3) is 0 Å². The summed E-state index contributed by atoms with van der Waals surface area (Å²) >= 11 is 12.3. The quantitative estimate of drug-likeness (QED) is 0.715. The molecule has 0 aliphatic rings. The topological polar surface area (TPSA) is 29.3 Å². The van der Waals surface area contributed by atoms with Gasteiger partial charge in [-0.2, -0.15) is 0 Å². The van der Waals surface area contributed by atoms with Crippen molar-refractivity contribution in [2.24, 2.45) is 11.7 Å². The maximum atomic E-state index is 6.17. The average molecular weight is 331 g/mol. The fourth-order valence-corrected chi connectivity index (χ4v) is 3.48. The van der Waals surface area contributed by atoms with Crippen LogP contribution in [0.5, 0.6) is 0 Å². The Kier molecular flexibility index (Phi) is 8.04. The Morgan fingerprint density at radius 1 is 1.05 bits per heavy atom. The van der Waals surface area contributed by atoms with Crippen molar-refractivity contribution in [1.82, 2.24) is 4.90 Å². The van der Waals surface area contributed by atoms with Gasteiger partial charge in [-0.1, -0.05) is 50.9 Å². The average Bonchev–Trinajstić information content (AvgIpc) is 2.39. The first kappa shape index (κ1) is 18.8. The zero-order chi connectivity index (χ0) is 16.0. The maximum Gasteiger partial charge on any atom is 0.0474 e. The minimum absolute atomic E-state index is 0.161. The first-order valence-electron chi connectivity index (χ1n) is 7.84. The molecule has 1 aromatic rings. The largest absolute Gasteiger partial charge is 0.329 e. The molecular formula is C17H28Cl2N2. The summed E-state index contributed by atoms with van der Waals surface area (Å²) in [5.74, 6) is 0.592. The summed E-state index contributed by atoms with van der Waals surface area (Å²) in [6.07, 6.45) is 2.24. The number of nitrogens with two attached hydrogens (primary N) is 1. The molecule has 21 heavy (non-hydrogen) atoms. The fourth-order valence-electron chi connectivity index (χ4n) is 2.94. The van der Waals surface area contributed by atoms with E-state index in [-0.39, 0.29) is 6.04 Å². The Morgan fingerprint density at radius 3 is 1.95 bits per heavy atom. The predicted molar refractivity (Wildman–Crippen MR) is 94.2 cm³/mol. The van der Waals surface area contributed by atoms with Gasteiger partial charge in [-0.05, 0) is 42.5 Å². The normalized spacial score (nSPS) is 13.4. The van der Waals surface area contributed by atoms with Crippen LogP contribution in [0.2, 0.25) is 10.0 Å². The van der Waals surface area contributed by atoms with E-state index in [1.807, 2.05) is 12.1 Å². The van der Waals surface area contributed by atoms with Gasteiger partial charge in [0.05, 0.1) is 0 Å². The summed E-state index contributed by atoms with van der Waals surface area (Å²) < 4.78 is 0. The minimum Gasteiger partial charge on any atom is -0.329 e. The Bertz CT molecular complexity index is 411. The third kappa shape index (κ3) is 5.45. The molecule has 0 aromatic heterocycles. The summed E-state index contributed by atoms with van der Waals surface area (Å²) in [6.45, 7) is 10.6. The van der Waals surface area contributed by atoms with E-state index in [1.54, 1.807) is 6.07 Å². The van der Waals surface area contributed by atoms with Crippen LogP contribution < -0.4 is 5.73 Å². The van der Waals surface area contributed by atoms with Crippen molar-refractivity contribution in [1.29, 1.82) is 0 Å². The van der Waals surface area contributed by atoms with Crippen molar-refractivity contribution in [3.63, 3.8) is 0 Å². The predicted octanol–water partition coefficient (Wildman–Crippen LogP) is 5.14. The second kappa shape index (κ2) is 8.99. The van der Waals surface area contributed by atoms with Gasteiger partial charge < -0.3 is 5.73 Å². The van der Waals surface area contributed by atoms with E-state index in [0.29, 0.717) is 28.5 Å². The van der Waals surface area contributed by atoms with Crippen LogP contribution in [-0.2, 0) is 0 Å². The summed E-state index contributed by atoms with van der Waals surface area (Å²) in [5, 5.41) is 1.34. The molecule has 0 bridgehead atoms. The molecule has 1 atom stereocenters. The second-order valence-electron chi connectivity index (χ2n) is 6.02. The Morgan fingerprint density at radius 2 is 1.57 bits per heavy atom. The molecule has 0 aliphatic heterocycles. The molecule has 0 aliphatic carbocycles. The van der Waals surface area contributed by atoms with Gasteiger partial charge in [-0.15, -0.1) is 0 Å². The minimum atomic E-state index is 0.161. The zero-order valence-corrected chi connectivity index (χ0v) is 15.1. The molecule has 0 heterocycles. The third-order valence-electron chi connectivity index (χ3n) is 3.88. The van der Waals surface area contributed by atoms with E-state index in [0.717, 1.165) is 24.9 Å². The lowest BCUT2D eigenvalue weighted by molar-refractivity contribution is 0.112. The van der Waals surface area contributed by atoms with Gasteiger partial charge >= 0.3 is 0 Å². The molecule has 1 aromatic carbocycles. The number of nitrogens with zero attached hydrogens (tertiary/aromatic N) is 1. The highest BCUT2D eigenvalue weighted by molar-refractivity contribution is 6.34. The first-order valence-corrected chi connectivity index (χ1v) is 8.60. The molecule has 0 amide bonds. The summed E-state index contributed by atoms with van der Waals surface area (Å²) in [4.78, 5) is 2.52. The molecule has 0 radical (unpaired) electrons. The molecular weight excluding hydrogens is 303 g/mol. The number of benzene rings is 1. The van der Waals surface area contributed by atoms with Gasteiger partial charge in [0.15, 0.2) is 0 Å². The number of hydrogen-bond donors (Lipinski definition) is 1. The lowest BCUT2D eigenvalue weighted by Gasteiger charge is -2.38. The van der Waals surface area contributed by atoms with E-state index >= 15 is 0 Å².